The third-order valence-electron chi connectivity index (χ3n) is 3.64. The Balaban J connectivity index is 1.96. The van der Waals surface area contributed by atoms with E-state index in [1.54, 1.807) is 37.3 Å². The molecule has 6 nitrogen and oxygen atoms in total. The second kappa shape index (κ2) is 9.44. The summed E-state index contributed by atoms with van der Waals surface area (Å²) in [5, 5.41) is 5.75. The smallest absolute Gasteiger partial charge is 0.258 e. The number of nitrogens with one attached hydrogen (secondary N) is 2. The molecule has 0 aliphatic rings. The minimum absolute atomic E-state index is 0.112. The van der Waals surface area contributed by atoms with Gasteiger partial charge in [-0.25, -0.2) is 0 Å². The van der Waals surface area contributed by atoms with Crippen LogP contribution in [0.25, 0.3) is 0 Å². The first kappa shape index (κ1) is 18.5. The first-order valence-corrected chi connectivity index (χ1v) is 8.04. The number of methoxy groups -OCH3 is 1. The first-order chi connectivity index (χ1) is 12.1. The quantitative estimate of drug-likeness (QED) is 0.722. The van der Waals surface area contributed by atoms with Gasteiger partial charge in [0.25, 0.3) is 5.91 Å². The van der Waals surface area contributed by atoms with Gasteiger partial charge in [-0.3, -0.25) is 9.59 Å². The predicted octanol–water partition coefficient (Wildman–Crippen LogP) is 2.14. The van der Waals surface area contributed by atoms with E-state index in [0.717, 1.165) is 5.69 Å². The number of carbonyl (C=O) groups excluding carboxylic acids is 2. The second-order valence-corrected chi connectivity index (χ2v) is 5.48. The van der Waals surface area contributed by atoms with E-state index in [2.05, 4.69) is 10.6 Å². The summed E-state index contributed by atoms with van der Waals surface area (Å²) in [5.74, 6) is -0.241. The van der Waals surface area contributed by atoms with Crippen LogP contribution in [0, 0.1) is 0 Å². The van der Waals surface area contributed by atoms with E-state index in [0.29, 0.717) is 24.4 Å². The molecule has 0 saturated heterocycles. The zero-order valence-electron chi connectivity index (χ0n) is 14.5. The average molecular weight is 341 g/mol. The van der Waals surface area contributed by atoms with Crippen LogP contribution in [0.2, 0.25) is 0 Å². The van der Waals surface area contributed by atoms with Crippen molar-refractivity contribution >= 4 is 23.2 Å². The molecule has 0 radical (unpaired) electrons. The van der Waals surface area contributed by atoms with Crippen LogP contribution in [0.15, 0.2) is 54.6 Å². The van der Waals surface area contributed by atoms with Gasteiger partial charge in [-0.2, -0.15) is 0 Å². The zero-order chi connectivity index (χ0) is 18.1. The van der Waals surface area contributed by atoms with Crippen molar-refractivity contribution in [1.82, 2.24) is 5.32 Å². The van der Waals surface area contributed by atoms with E-state index < -0.39 is 0 Å². The van der Waals surface area contributed by atoms with Crippen LogP contribution in [0.4, 0.5) is 11.4 Å². The number of nitrogens with zero attached hydrogens (tertiary/aromatic N) is 1. The Morgan fingerprint density at radius 1 is 1.08 bits per heavy atom. The van der Waals surface area contributed by atoms with Gasteiger partial charge in [0.2, 0.25) is 5.91 Å². The number of para-hydroxylation sites is 1. The number of amides is 2. The summed E-state index contributed by atoms with van der Waals surface area (Å²) in [5.41, 5.74) is 2.09. The van der Waals surface area contributed by atoms with Gasteiger partial charge in [0.15, 0.2) is 0 Å². The van der Waals surface area contributed by atoms with Crippen molar-refractivity contribution < 1.29 is 14.3 Å². The number of hydrogen-bond acceptors (Lipinski definition) is 4. The van der Waals surface area contributed by atoms with E-state index in [4.69, 9.17) is 4.74 Å². The topological polar surface area (TPSA) is 70.7 Å². The maximum Gasteiger partial charge on any atom is 0.258 e. The fourth-order valence-corrected chi connectivity index (χ4v) is 2.26. The van der Waals surface area contributed by atoms with Crippen LogP contribution in [0.1, 0.15) is 10.4 Å². The van der Waals surface area contributed by atoms with E-state index in [1.807, 2.05) is 36.4 Å². The maximum atomic E-state index is 12.6. The molecule has 0 aliphatic heterocycles. The molecule has 0 unspecified atom stereocenters. The van der Waals surface area contributed by atoms with Crippen molar-refractivity contribution in [2.75, 3.05) is 44.1 Å². The standard InChI is InChI=1S/C19H23N3O3/c1-22(17-9-4-3-5-10-17)19(24)15-7-6-8-16(13-15)21-14-18(23)20-11-12-25-2/h3-10,13,21H,11-12,14H2,1-2H3,(H,20,23). The summed E-state index contributed by atoms with van der Waals surface area (Å²) in [7, 11) is 3.32. The van der Waals surface area contributed by atoms with Crippen LogP contribution in [0.3, 0.4) is 0 Å². The maximum absolute atomic E-state index is 12.6. The Morgan fingerprint density at radius 2 is 1.84 bits per heavy atom. The molecule has 0 heterocycles. The Labute approximate surface area is 147 Å². The number of anilines is 2. The third kappa shape index (κ3) is 5.61. The first-order valence-electron chi connectivity index (χ1n) is 8.04. The second-order valence-electron chi connectivity index (χ2n) is 5.48. The summed E-state index contributed by atoms with van der Waals surface area (Å²) in [6, 6.07) is 16.5. The summed E-state index contributed by atoms with van der Waals surface area (Å²) >= 11 is 0. The molecule has 0 aromatic heterocycles. The Bertz CT molecular complexity index is 704. The van der Waals surface area contributed by atoms with Crippen LogP contribution < -0.4 is 15.5 Å². The van der Waals surface area contributed by atoms with Crippen LogP contribution in [-0.4, -0.2) is 45.7 Å². The lowest BCUT2D eigenvalue weighted by molar-refractivity contribution is -0.119. The number of carbonyl (C=O) groups is 2. The third-order valence-corrected chi connectivity index (χ3v) is 3.64. The normalized spacial score (nSPS) is 10.2. The fourth-order valence-electron chi connectivity index (χ4n) is 2.26. The molecule has 0 aliphatic carbocycles. The molecule has 0 atom stereocenters. The molecule has 0 spiro atoms. The molecular formula is C19H23N3O3. The predicted molar refractivity (Wildman–Crippen MR) is 99.0 cm³/mol. The van der Waals surface area contributed by atoms with Gasteiger partial charge in [0, 0.05) is 37.6 Å². The largest absolute Gasteiger partial charge is 0.383 e. The van der Waals surface area contributed by atoms with E-state index in [-0.39, 0.29) is 18.4 Å². The lowest BCUT2D eigenvalue weighted by Gasteiger charge is -2.18. The molecule has 0 fully saturated rings. The van der Waals surface area contributed by atoms with Crippen molar-refractivity contribution in [3.63, 3.8) is 0 Å². The fraction of sp³-hybridized carbons (Fsp3) is 0.263. The Hall–Kier alpha value is -2.86. The number of benzene rings is 2. The van der Waals surface area contributed by atoms with Crippen LogP contribution in [0.5, 0.6) is 0 Å². The molecular weight excluding hydrogens is 318 g/mol. The highest BCUT2D eigenvalue weighted by atomic mass is 16.5. The van der Waals surface area contributed by atoms with E-state index in [1.165, 1.54) is 0 Å². The van der Waals surface area contributed by atoms with E-state index >= 15 is 0 Å². The molecule has 25 heavy (non-hydrogen) atoms. The SMILES string of the molecule is COCCNC(=O)CNc1cccc(C(=O)N(C)c2ccccc2)c1. The minimum atomic E-state index is -0.129. The monoisotopic (exact) mass is 341 g/mol. The molecule has 0 bridgehead atoms. The Kier molecular flexibility index (Phi) is 6.98. The molecule has 2 amide bonds. The lowest BCUT2D eigenvalue weighted by atomic mass is 10.1. The molecule has 0 saturated carbocycles. The molecule has 6 heteroatoms. The molecule has 2 rings (SSSR count). The van der Waals surface area contributed by atoms with Gasteiger partial charge in [-0.1, -0.05) is 24.3 Å². The van der Waals surface area contributed by atoms with Crippen molar-refractivity contribution in [2.24, 2.45) is 0 Å². The Morgan fingerprint density at radius 3 is 2.56 bits per heavy atom. The van der Waals surface area contributed by atoms with E-state index in [9.17, 15) is 9.59 Å². The van der Waals surface area contributed by atoms with Crippen LogP contribution in [-0.2, 0) is 9.53 Å². The van der Waals surface area contributed by atoms with Crippen LogP contribution >= 0.6 is 0 Å². The molecule has 2 aromatic carbocycles. The number of hydrogen-bond donors (Lipinski definition) is 2. The van der Waals surface area contributed by atoms with Crippen molar-refractivity contribution in [1.29, 1.82) is 0 Å². The van der Waals surface area contributed by atoms with Gasteiger partial charge in [0.05, 0.1) is 13.2 Å². The summed E-state index contributed by atoms with van der Waals surface area (Å²) in [4.78, 5) is 25.9. The molecule has 2 N–H and O–H groups in total. The zero-order valence-corrected chi connectivity index (χ0v) is 14.5. The lowest BCUT2D eigenvalue weighted by Crippen LogP contribution is -2.32. The number of ether oxygens (including phenoxy) is 1. The van der Waals surface area contributed by atoms with Gasteiger partial charge in [0.1, 0.15) is 0 Å². The van der Waals surface area contributed by atoms with Gasteiger partial charge >= 0.3 is 0 Å². The summed E-state index contributed by atoms with van der Waals surface area (Å²) in [6.07, 6.45) is 0. The van der Waals surface area contributed by atoms with Gasteiger partial charge in [-0.05, 0) is 30.3 Å². The summed E-state index contributed by atoms with van der Waals surface area (Å²) < 4.78 is 4.88. The van der Waals surface area contributed by atoms with Crippen molar-refractivity contribution in [3.8, 4) is 0 Å². The highest BCUT2D eigenvalue weighted by molar-refractivity contribution is 6.06. The average Bonchev–Trinajstić information content (AvgIpc) is 2.66. The van der Waals surface area contributed by atoms with Crippen molar-refractivity contribution in [2.45, 2.75) is 0 Å². The highest BCUT2D eigenvalue weighted by Gasteiger charge is 2.13. The van der Waals surface area contributed by atoms with Gasteiger partial charge in [-0.15, -0.1) is 0 Å². The minimum Gasteiger partial charge on any atom is -0.383 e. The number of rotatable bonds is 8. The molecule has 132 valence electrons. The summed E-state index contributed by atoms with van der Waals surface area (Å²) in [6.45, 7) is 1.08. The molecule has 2 aromatic rings. The van der Waals surface area contributed by atoms with Gasteiger partial charge < -0.3 is 20.3 Å². The highest BCUT2D eigenvalue weighted by Crippen LogP contribution is 2.17. The van der Waals surface area contributed by atoms with Crippen molar-refractivity contribution in [3.05, 3.63) is 60.2 Å².